The van der Waals surface area contributed by atoms with Crippen molar-refractivity contribution < 1.29 is 0 Å². The van der Waals surface area contributed by atoms with E-state index in [1.807, 2.05) is 0 Å². The zero-order valence-corrected chi connectivity index (χ0v) is 8.78. The van der Waals surface area contributed by atoms with Crippen molar-refractivity contribution in [2.45, 2.75) is 47.0 Å². The maximum absolute atomic E-state index is 2.34. The highest BCUT2D eigenvalue weighted by molar-refractivity contribution is 5.39. The molecule has 1 unspecified atom stereocenters. The summed E-state index contributed by atoms with van der Waals surface area (Å²) in [5.41, 5.74) is 4.66. The summed E-state index contributed by atoms with van der Waals surface area (Å²) in [6.07, 6.45) is 6.37. The van der Waals surface area contributed by atoms with E-state index in [2.05, 4.69) is 33.8 Å². The molecule has 0 amide bonds. The lowest BCUT2D eigenvalue weighted by molar-refractivity contribution is 0.599. The van der Waals surface area contributed by atoms with Crippen LogP contribution in [0.3, 0.4) is 0 Å². The Bertz CT molecular complexity index is 218. The zero-order valence-electron chi connectivity index (χ0n) is 8.78. The Morgan fingerprint density at radius 3 is 2.33 bits per heavy atom. The Morgan fingerprint density at radius 1 is 1.25 bits per heavy atom. The summed E-state index contributed by atoms with van der Waals surface area (Å²) in [7, 11) is 0. The van der Waals surface area contributed by atoms with E-state index in [0.29, 0.717) is 0 Å². The second-order valence-electron chi connectivity index (χ2n) is 3.95. The molecule has 1 atom stereocenters. The Morgan fingerprint density at radius 2 is 1.92 bits per heavy atom. The van der Waals surface area contributed by atoms with Crippen LogP contribution in [-0.4, -0.2) is 0 Å². The lowest BCUT2D eigenvalue weighted by atomic mass is 9.92. The number of unbranched alkanes of at least 4 members (excludes halogenated alkanes) is 1. The van der Waals surface area contributed by atoms with Gasteiger partial charge in [-0.2, -0.15) is 0 Å². The molecule has 1 rings (SSSR count). The highest BCUT2D eigenvalue weighted by Gasteiger charge is 2.18. The third-order valence-electron chi connectivity index (χ3n) is 2.98. The Balaban J connectivity index is 2.60. The van der Waals surface area contributed by atoms with Gasteiger partial charge in [0.2, 0.25) is 0 Å². The zero-order chi connectivity index (χ0) is 9.14. The van der Waals surface area contributed by atoms with Crippen LogP contribution in [0.2, 0.25) is 0 Å². The minimum Gasteiger partial charge on any atom is -0.0659 e. The van der Waals surface area contributed by atoms with Crippen LogP contribution in [-0.2, 0) is 0 Å². The molecule has 1 aliphatic rings. The highest BCUT2D eigenvalue weighted by Crippen LogP contribution is 2.34. The van der Waals surface area contributed by atoms with E-state index in [9.17, 15) is 0 Å². The van der Waals surface area contributed by atoms with Crippen LogP contribution in [0.4, 0.5) is 0 Å². The van der Waals surface area contributed by atoms with Crippen molar-refractivity contribution in [2.24, 2.45) is 5.92 Å². The molecule has 0 bridgehead atoms. The Hall–Kier alpha value is -0.520. The van der Waals surface area contributed by atoms with E-state index in [1.165, 1.54) is 24.8 Å². The molecule has 0 aromatic heterocycles. The summed E-state index contributed by atoms with van der Waals surface area (Å²) in [6.45, 7) is 9.04. The molecule has 0 heterocycles. The maximum atomic E-state index is 2.34. The lowest BCUT2D eigenvalue weighted by Gasteiger charge is -2.13. The van der Waals surface area contributed by atoms with Crippen LogP contribution in [0, 0.1) is 5.92 Å². The van der Waals surface area contributed by atoms with E-state index in [4.69, 9.17) is 0 Å². The van der Waals surface area contributed by atoms with Crippen molar-refractivity contribution in [2.75, 3.05) is 0 Å². The molecule has 0 aromatic rings. The molecule has 0 radical (unpaired) electrons. The molecule has 0 N–H and O–H groups in total. The molecule has 0 spiro atoms. The summed E-state index contributed by atoms with van der Waals surface area (Å²) in [4.78, 5) is 0. The third kappa shape index (κ3) is 1.80. The number of hydrogen-bond donors (Lipinski definition) is 0. The van der Waals surface area contributed by atoms with Crippen LogP contribution in [0.25, 0.3) is 0 Å². The molecule has 0 heteroatoms. The highest BCUT2D eigenvalue weighted by atomic mass is 14.2. The van der Waals surface area contributed by atoms with Gasteiger partial charge in [0.05, 0.1) is 0 Å². The summed E-state index contributed by atoms with van der Waals surface area (Å²) < 4.78 is 0. The predicted molar refractivity (Wildman–Crippen MR) is 55.1 cm³/mol. The van der Waals surface area contributed by atoms with Gasteiger partial charge in [-0.1, -0.05) is 42.6 Å². The van der Waals surface area contributed by atoms with E-state index in [-0.39, 0.29) is 0 Å². The van der Waals surface area contributed by atoms with Crippen molar-refractivity contribution >= 4 is 0 Å². The monoisotopic (exact) mass is 164 g/mol. The molecule has 68 valence electrons. The van der Waals surface area contributed by atoms with Crippen LogP contribution < -0.4 is 0 Å². The maximum Gasteiger partial charge on any atom is 0.00103 e. The van der Waals surface area contributed by atoms with Gasteiger partial charge in [0.15, 0.2) is 0 Å². The van der Waals surface area contributed by atoms with Crippen LogP contribution in [0.5, 0.6) is 0 Å². The fraction of sp³-hybridized carbons (Fsp3) is 0.667. The molecule has 1 aliphatic carbocycles. The van der Waals surface area contributed by atoms with Gasteiger partial charge in [-0.25, -0.2) is 0 Å². The Labute approximate surface area is 76.4 Å². The first-order valence-electron chi connectivity index (χ1n) is 5.02. The summed E-state index contributed by atoms with van der Waals surface area (Å²) >= 11 is 0. The molecule has 12 heavy (non-hydrogen) atoms. The quantitative estimate of drug-likeness (QED) is 0.589. The van der Waals surface area contributed by atoms with Crippen molar-refractivity contribution in [1.82, 2.24) is 0 Å². The van der Waals surface area contributed by atoms with Gasteiger partial charge in [0.25, 0.3) is 0 Å². The van der Waals surface area contributed by atoms with Gasteiger partial charge < -0.3 is 0 Å². The van der Waals surface area contributed by atoms with E-state index >= 15 is 0 Å². The molecule has 0 aromatic carbocycles. The molecule has 0 saturated carbocycles. The molecular formula is C12H20. The van der Waals surface area contributed by atoms with Gasteiger partial charge in [-0.3, -0.25) is 0 Å². The second-order valence-corrected chi connectivity index (χ2v) is 3.95. The van der Waals surface area contributed by atoms with Crippen LogP contribution in [0.1, 0.15) is 47.0 Å². The number of allylic oxidation sites excluding steroid dienone is 4. The first kappa shape index (κ1) is 9.57. The normalized spacial score (nSPS) is 23.3. The van der Waals surface area contributed by atoms with E-state index in [0.717, 1.165) is 5.92 Å². The lowest BCUT2D eigenvalue weighted by Crippen LogP contribution is -2.00. The Kier molecular flexibility index (Phi) is 3.13. The fourth-order valence-electron chi connectivity index (χ4n) is 2.02. The van der Waals surface area contributed by atoms with Gasteiger partial charge in [0, 0.05) is 5.92 Å². The van der Waals surface area contributed by atoms with E-state index < -0.39 is 0 Å². The topological polar surface area (TPSA) is 0 Å². The molecule has 0 aliphatic heterocycles. The van der Waals surface area contributed by atoms with Crippen LogP contribution >= 0.6 is 0 Å². The van der Waals surface area contributed by atoms with Crippen molar-refractivity contribution in [3.8, 4) is 0 Å². The minimum atomic E-state index is 0.768. The standard InChI is InChI=1S/C12H20/c1-5-6-7-12-10(3)8-9(2)11(12)4/h8,12H,5-7H2,1-4H3. The average Bonchev–Trinajstić information content (AvgIpc) is 2.25. The summed E-state index contributed by atoms with van der Waals surface area (Å²) in [5, 5.41) is 0. The number of hydrogen-bond acceptors (Lipinski definition) is 0. The molecule has 0 saturated heterocycles. The molecule has 0 fully saturated rings. The summed E-state index contributed by atoms with van der Waals surface area (Å²) in [6, 6.07) is 0. The van der Waals surface area contributed by atoms with Crippen molar-refractivity contribution in [3.63, 3.8) is 0 Å². The fourth-order valence-corrected chi connectivity index (χ4v) is 2.02. The first-order chi connectivity index (χ1) is 5.66. The molecular weight excluding hydrogens is 144 g/mol. The molecule has 0 nitrogen and oxygen atoms in total. The first-order valence-corrected chi connectivity index (χ1v) is 5.02. The van der Waals surface area contributed by atoms with Gasteiger partial charge in [0.1, 0.15) is 0 Å². The minimum absolute atomic E-state index is 0.768. The van der Waals surface area contributed by atoms with Crippen molar-refractivity contribution in [3.05, 3.63) is 22.8 Å². The smallest absolute Gasteiger partial charge is 0.00103 e. The van der Waals surface area contributed by atoms with Gasteiger partial charge in [-0.15, -0.1) is 0 Å². The van der Waals surface area contributed by atoms with Crippen LogP contribution in [0.15, 0.2) is 22.8 Å². The predicted octanol–water partition coefficient (Wildman–Crippen LogP) is 4.09. The van der Waals surface area contributed by atoms with Gasteiger partial charge >= 0.3 is 0 Å². The third-order valence-corrected chi connectivity index (χ3v) is 2.98. The SMILES string of the molecule is CCCCC1C(C)=CC(C)=C1C. The summed E-state index contributed by atoms with van der Waals surface area (Å²) in [5.74, 6) is 0.768. The largest absolute Gasteiger partial charge is 0.0659 e. The second kappa shape index (κ2) is 3.93. The van der Waals surface area contributed by atoms with E-state index in [1.54, 1.807) is 11.1 Å². The average molecular weight is 164 g/mol. The van der Waals surface area contributed by atoms with Gasteiger partial charge in [-0.05, 0) is 27.2 Å². The number of rotatable bonds is 3. The van der Waals surface area contributed by atoms with Crippen molar-refractivity contribution in [1.29, 1.82) is 0 Å².